The molecule has 1 N–H and O–H groups in total. The molecular weight excluding hydrogens is 360 g/mol. The molecular formula is C20H24N4O4. The van der Waals surface area contributed by atoms with E-state index in [0.29, 0.717) is 43.8 Å². The van der Waals surface area contributed by atoms with Crippen LogP contribution in [0, 0.1) is 12.8 Å². The lowest BCUT2D eigenvalue weighted by Gasteiger charge is -2.45. The molecule has 4 heterocycles. The lowest BCUT2D eigenvalue weighted by molar-refractivity contribution is -0.146. The molecule has 2 aromatic heterocycles. The van der Waals surface area contributed by atoms with Crippen LogP contribution in [0.4, 0.5) is 0 Å². The number of hydrogen-bond acceptors (Lipinski definition) is 5. The first-order chi connectivity index (χ1) is 13.3. The van der Waals surface area contributed by atoms with Gasteiger partial charge in [-0.1, -0.05) is 6.07 Å². The van der Waals surface area contributed by atoms with Crippen molar-refractivity contribution in [3.63, 3.8) is 0 Å². The Morgan fingerprint density at radius 2 is 2.04 bits per heavy atom. The number of aromatic nitrogens is 2. The van der Waals surface area contributed by atoms with Gasteiger partial charge in [-0.3, -0.25) is 23.7 Å². The molecule has 2 aliphatic heterocycles. The maximum Gasteiger partial charge on any atom is 0.309 e. The summed E-state index contributed by atoms with van der Waals surface area (Å²) < 4.78 is 1.54. The zero-order chi connectivity index (χ0) is 20.1. The van der Waals surface area contributed by atoms with E-state index in [2.05, 4.69) is 9.88 Å². The number of likely N-dealkylation sites (tertiary alicyclic amines) is 2. The van der Waals surface area contributed by atoms with Gasteiger partial charge in [-0.25, -0.2) is 4.98 Å². The summed E-state index contributed by atoms with van der Waals surface area (Å²) in [5, 5.41) is 9.58. The molecule has 2 fully saturated rings. The molecule has 28 heavy (non-hydrogen) atoms. The molecule has 0 aromatic carbocycles. The lowest BCUT2D eigenvalue weighted by Crippen LogP contribution is -2.56. The molecule has 8 nitrogen and oxygen atoms in total. The largest absolute Gasteiger partial charge is 0.481 e. The molecule has 1 amide bonds. The first kappa shape index (κ1) is 18.6. The van der Waals surface area contributed by atoms with Crippen molar-refractivity contribution in [3.8, 4) is 0 Å². The Kier molecular flexibility index (Phi) is 4.45. The van der Waals surface area contributed by atoms with Crippen LogP contribution in [0.2, 0.25) is 0 Å². The summed E-state index contributed by atoms with van der Waals surface area (Å²) in [5.74, 6) is -1.65. The van der Waals surface area contributed by atoms with E-state index in [4.69, 9.17) is 0 Å². The van der Waals surface area contributed by atoms with Gasteiger partial charge in [-0.05, 0) is 31.4 Å². The minimum atomic E-state index is -0.897. The Labute approximate surface area is 162 Å². The Morgan fingerprint density at radius 1 is 1.32 bits per heavy atom. The average molecular weight is 384 g/mol. The molecule has 148 valence electrons. The summed E-state index contributed by atoms with van der Waals surface area (Å²) in [6.45, 7) is 3.78. The Morgan fingerprint density at radius 3 is 2.71 bits per heavy atom. The second-order valence-corrected chi connectivity index (χ2v) is 7.90. The number of carboxylic acids is 1. The third-order valence-electron chi connectivity index (χ3n) is 6.41. The highest BCUT2D eigenvalue weighted by Crippen LogP contribution is 2.42. The number of aliphatic carboxylic acids is 1. The van der Waals surface area contributed by atoms with E-state index in [1.165, 1.54) is 0 Å². The normalized spacial score (nSPS) is 22.3. The van der Waals surface area contributed by atoms with Crippen molar-refractivity contribution in [1.29, 1.82) is 0 Å². The van der Waals surface area contributed by atoms with Crippen LogP contribution in [-0.4, -0.2) is 61.8 Å². The van der Waals surface area contributed by atoms with Gasteiger partial charge in [0.1, 0.15) is 5.65 Å². The van der Waals surface area contributed by atoms with Crippen molar-refractivity contribution < 1.29 is 14.7 Å². The van der Waals surface area contributed by atoms with Crippen molar-refractivity contribution in [2.24, 2.45) is 5.92 Å². The maximum absolute atomic E-state index is 12.4. The molecule has 1 spiro atoms. The van der Waals surface area contributed by atoms with Crippen LogP contribution >= 0.6 is 0 Å². The predicted octanol–water partition coefficient (Wildman–Crippen LogP) is 0.900. The summed E-state index contributed by atoms with van der Waals surface area (Å²) in [6, 6.07) is 5.31. The number of fused-ring (bicyclic) bond motifs is 1. The lowest BCUT2D eigenvalue weighted by atomic mass is 9.77. The third kappa shape index (κ3) is 2.88. The minimum Gasteiger partial charge on any atom is -0.481 e. The molecule has 8 heteroatoms. The highest BCUT2D eigenvalue weighted by Gasteiger charge is 2.55. The van der Waals surface area contributed by atoms with Gasteiger partial charge in [-0.2, -0.15) is 0 Å². The number of hydrogen-bond donors (Lipinski definition) is 1. The van der Waals surface area contributed by atoms with E-state index >= 15 is 0 Å². The number of pyridine rings is 1. The SMILES string of the molecule is Cc1cccn2c(=O)cc(CN3CCC4(CC3)[C@H](C(=O)O)CC(=O)N4C)nc12. The van der Waals surface area contributed by atoms with E-state index in [0.717, 1.165) is 5.56 Å². The summed E-state index contributed by atoms with van der Waals surface area (Å²) >= 11 is 0. The zero-order valence-corrected chi connectivity index (χ0v) is 16.1. The van der Waals surface area contributed by atoms with E-state index in [1.54, 1.807) is 28.6 Å². The van der Waals surface area contributed by atoms with E-state index in [9.17, 15) is 19.5 Å². The highest BCUT2D eigenvalue weighted by atomic mass is 16.4. The predicted molar refractivity (Wildman–Crippen MR) is 102 cm³/mol. The molecule has 1 atom stereocenters. The number of amides is 1. The Bertz CT molecular complexity index is 1010. The molecule has 4 rings (SSSR count). The number of carboxylic acid groups (broad SMARTS) is 1. The quantitative estimate of drug-likeness (QED) is 0.845. The molecule has 2 saturated heterocycles. The molecule has 0 radical (unpaired) electrons. The van der Waals surface area contributed by atoms with Crippen molar-refractivity contribution in [2.45, 2.75) is 38.3 Å². The maximum atomic E-state index is 12.4. The second-order valence-electron chi connectivity index (χ2n) is 7.90. The van der Waals surface area contributed by atoms with Crippen molar-refractivity contribution in [3.05, 3.63) is 46.0 Å². The van der Waals surface area contributed by atoms with Gasteiger partial charge in [0.2, 0.25) is 5.91 Å². The molecule has 0 unspecified atom stereocenters. The number of piperidine rings is 1. The van der Waals surface area contributed by atoms with Crippen LogP contribution in [0.25, 0.3) is 5.65 Å². The van der Waals surface area contributed by atoms with Crippen LogP contribution in [0.1, 0.15) is 30.5 Å². The monoisotopic (exact) mass is 384 g/mol. The van der Waals surface area contributed by atoms with Gasteiger partial charge in [0.25, 0.3) is 5.56 Å². The van der Waals surface area contributed by atoms with Gasteiger partial charge < -0.3 is 10.0 Å². The molecule has 0 bridgehead atoms. The standard InChI is InChI=1S/C20H24N4O4/c1-13-4-3-7-24-17(26)10-14(21-18(13)24)12-23-8-5-20(6-9-23)15(19(27)28)11-16(25)22(20)2/h3-4,7,10,15H,5-6,8-9,11-12H2,1-2H3,(H,27,28)/t15-/m0/s1. The number of aryl methyl sites for hydroxylation is 1. The van der Waals surface area contributed by atoms with E-state index in [-0.39, 0.29) is 17.9 Å². The highest BCUT2D eigenvalue weighted by molar-refractivity contribution is 5.88. The van der Waals surface area contributed by atoms with Crippen LogP contribution in [0.5, 0.6) is 0 Å². The Balaban J connectivity index is 1.53. The van der Waals surface area contributed by atoms with Crippen LogP contribution < -0.4 is 5.56 Å². The van der Waals surface area contributed by atoms with E-state index in [1.807, 2.05) is 19.1 Å². The molecule has 0 aliphatic carbocycles. The molecule has 2 aliphatic rings. The topological polar surface area (TPSA) is 95.2 Å². The zero-order valence-electron chi connectivity index (χ0n) is 16.1. The first-order valence-electron chi connectivity index (χ1n) is 9.51. The minimum absolute atomic E-state index is 0.0775. The summed E-state index contributed by atoms with van der Waals surface area (Å²) in [5.41, 5.74) is 1.59. The fourth-order valence-electron chi connectivity index (χ4n) is 4.70. The van der Waals surface area contributed by atoms with E-state index < -0.39 is 17.4 Å². The van der Waals surface area contributed by atoms with Crippen LogP contribution in [0.3, 0.4) is 0 Å². The number of nitrogens with zero attached hydrogens (tertiary/aromatic N) is 4. The van der Waals surface area contributed by atoms with Gasteiger partial charge in [0.15, 0.2) is 0 Å². The number of rotatable bonds is 3. The summed E-state index contributed by atoms with van der Waals surface area (Å²) in [7, 11) is 1.72. The Hall–Kier alpha value is -2.74. The van der Waals surface area contributed by atoms with Crippen molar-refractivity contribution in [1.82, 2.24) is 19.2 Å². The molecule has 2 aromatic rings. The van der Waals surface area contributed by atoms with Gasteiger partial charge in [0, 0.05) is 45.4 Å². The second kappa shape index (κ2) is 6.70. The summed E-state index contributed by atoms with van der Waals surface area (Å²) in [6.07, 6.45) is 3.01. The number of carbonyl (C=O) groups excluding carboxylic acids is 1. The first-order valence-corrected chi connectivity index (χ1v) is 9.51. The summed E-state index contributed by atoms with van der Waals surface area (Å²) in [4.78, 5) is 44.7. The average Bonchev–Trinajstić information content (AvgIpc) is 2.90. The third-order valence-corrected chi connectivity index (χ3v) is 6.41. The fourth-order valence-corrected chi connectivity index (χ4v) is 4.70. The number of carbonyl (C=O) groups is 2. The fraction of sp³-hybridized carbons (Fsp3) is 0.500. The smallest absolute Gasteiger partial charge is 0.309 e. The van der Waals surface area contributed by atoms with Crippen molar-refractivity contribution in [2.75, 3.05) is 20.1 Å². The van der Waals surface area contributed by atoms with Gasteiger partial charge in [-0.15, -0.1) is 0 Å². The molecule has 0 saturated carbocycles. The van der Waals surface area contributed by atoms with Crippen LogP contribution in [-0.2, 0) is 16.1 Å². The van der Waals surface area contributed by atoms with Crippen LogP contribution in [0.15, 0.2) is 29.2 Å². The van der Waals surface area contributed by atoms with Gasteiger partial charge in [0.05, 0.1) is 17.2 Å². The van der Waals surface area contributed by atoms with Crippen molar-refractivity contribution >= 4 is 17.5 Å². The van der Waals surface area contributed by atoms with Gasteiger partial charge >= 0.3 is 5.97 Å².